The summed E-state index contributed by atoms with van der Waals surface area (Å²) in [5, 5.41) is 7.89. The van der Waals surface area contributed by atoms with Crippen molar-refractivity contribution in [3.8, 4) is 0 Å². The van der Waals surface area contributed by atoms with Crippen LogP contribution in [0.4, 0.5) is 0 Å². The first kappa shape index (κ1) is 18.3. The molecule has 0 amide bonds. The van der Waals surface area contributed by atoms with Crippen molar-refractivity contribution in [3.63, 3.8) is 0 Å². The molecule has 1 aromatic rings. The SMILES string of the molecule is CCNC(=NCc1ccc(Cl)cc1Cl)NCCN1CCOCC1. The van der Waals surface area contributed by atoms with Gasteiger partial charge in [0.1, 0.15) is 0 Å². The predicted octanol–water partition coefficient (Wildman–Crippen LogP) is 2.38. The number of hydrogen-bond acceptors (Lipinski definition) is 3. The van der Waals surface area contributed by atoms with E-state index in [9.17, 15) is 0 Å². The zero-order valence-electron chi connectivity index (χ0n) is 13.4. The summed E-state index contributed by atoms with van der Waals surface area (Å²) in [6.45, 7) is 8.85. The number of morpholine rings is 1. The van der Waals surface area contributed by atoms with Crippen LogP contribution in [0, 0.1) is 0 Å². The number of hydrogen-bond donors (Lipinski definition) is 2. The van der Waals surface area contributed by atoms with Gasteiger partial charge in [0, 0.05) is 42.8 Å². The third-order valence-electron chi connectivity index (χ3n) is 3.59. The van der Waals surface area contributed by atoms with Crippen molar-refractivity contribution in [3.05, 3.63) is 33.8 Å². The van der Waals surface area contributed by atoms with Gasteiger partial charge in [0.25, 0.3) is 0 Å². The molecular formula is C16H24Cl2N4O. The van der Waals surface area contributed by atoms with E-state index in [2.05, 4.69) is 27.4 Å². The Kier molecular flexibility index (Phi) is 7.95. The third kappa shape index (κ3) is 6.55. The predicted molar refractivity (Wildman–Crippen MR) is 96.5 cm³/mol. The van der Waals surface area contributed by atoms with Gasteiger partial charge < -0.3 is 15.4 Å². The van der Waals surface area contributed by atoms with E-state index in [0.717, 1.165) is 57.5 Å². The minimum absolute atomic E-state index is 0.517. The molecule has 7 heteroatoms. The summed E-state index contributed by atoms with van der Waals surface area (Å²) >= 11 is 12.1. The summed E-state index contributed by atoms with van der Waals surface area (Å²) in [5.74, 6) is 0.798. The van der Waals surface area contributed by atoms with Gasteiger partial charge in [-0.1, -0.05) is 29.3 Å². The maximum atomic E-state index is 6.18. The van der Waals surface area contributed by atoms with Gasteiger partial charge in [-0.15, -0.1) is 0 Å². The molecule has 1 aliphatic rings. The van der Waals surface area contributed by atoms with Crippen molar-refractivity contribution in [1.82, 2.24) is 15.5 Å². The van der Waals surface area contributed by atoms with Crippen molar-refractivity contribution in [2.45, 2.75) is 13.5 Å². The Bertz CT molecular complexity index is 519. The topological polar surface area (TPSA) is 48.9 Å². The van der Waals surface area contributed by atoms with Gasteiger partial charge in [0.05, 0.1) is 19.8 Å². The van der Waals surface area contributed by atoms with Gasteiger partial charge in [0.15, 0.2) is 5.96 Å². The van der Waals surface area contributed by atoms with Crippen LogP contribution >= 0.6 is 23.2 Å². The normalized spacial score (nSPS) is 16.4. The van der Waals surface area contributed by atoms with Crippen molar-refractivity contribution in [2.75, 3.05) is 45.9 Å². The molecule has 23 heavy (non-hydrogen) atoms. The fraction of sp³-hybridized carbons (Fsp3) is 0.562. The van der Waals surface area contributed by atoms with Crippen molar-refractivity contribution in [1.29, 1.82) is 0 Å². The summed E-state index contributed by atoms with van der Waals surface area (Å²) in [5.41, 5.74) is 0.960. The average Bonchev–Trinajstić information content (AvgIpc) is 2.55. The van der Waals surface area contributed by atoms with Crippen molar-refractivity contribution >= 4 is 29.2 Å². The maximum Gasteiger partial charge on any atom is 0.191 e. The first-order valence-corrected chi connectivity index (χ1v) is 8.71. The number of aliphatic imine (C=N–C) groups is 1. The van der Waals surface area contributed by atoms with E-state index in [4.69, 9.17) is 27.9 Å². The van der Waals surface area contributed by atoms with Crippen molar-refractivity contribution < 1.29 is 4.74 Å². The number of benzene rings is 1. The minimum atomic E-state index is 0.517. The van der Waals surface area contributed by atoms with Crippen LogP contribution in [-0.4, -0.2) is 56.8 Å². The molecule has 0 radical (unpaired) electrons. The molecule has 1 heterocycles. The number of guanidine groups is 1. The quantitative estimate of drug-likeness (QED) is 0.605. The number of nitrogens with zero attached hydrogens (tertiary/aromatic N) is 2. The van der Waals surface area contributed by atoms with Crippen LogP contribution in [0.1, 0.15) is 12.5 Å². The van der Waals surface area contributed by atoms with Gasteiger partial charge in [-0.25, -0.2) is 4.99 Å². The molecule has 1 fully saturated rings. The smallest absolute Gasteiger partial charge is 0.191 e. The van der Waals surface area contributed by atoms with Crippen LogP contribution in [0.2, 0.25) is 10.0 Å². The van der Waals surface area contributed by atoms with Gasteiger partial charge in [-0.3, -0.25) is 4.90 Å². The Morgan fingerprint density at radius 1 is 1.26 bits per heavy atom. The van der Waals surface area contributed by atoms with Crippen molar-refractivity contribution in [2.24, 2.45) is 4.99 Å². The Labute approximate surface area is 148 Å². The molecule has 128 valence electrons. The molecular weight excluding hydrogens is 335 g/mol. The first-order chi connectivity index (χ1) is 11.2. The zero-order valence-corrected chi connectivity index (χ0v) is 15.0. The zero-order chi connectivity index (χ0) is 16.5. The highest BCUT2D eigenvalue weighted by atomic mass is 35.5. The fourth-order valence-corrected chi connectivity index (χ4v) is 2.78. The maximum absolute atomic E-state index is 6.18. The largest absolute Gasteiger partial charge is 0.379 e. The highest BCUT2D eigenvalue weighted by Gasteiger charge is 2.09. The summed E-state index contributed by atoms with van der Waals surface area (Å²) in [7, 11) is 0. The number of rotatable bonds is 6. The first-order valence-electron chi connectivity index (χ1n) is 7.95. The molecule has 0 atom stereocenters. The molecule has 5 nitrogen and oxygen atoms in total. The Hall–Kier alpha value is -1.01. The van der Waals surface area contributed by atoms with Crippen LogP contribution in [0.5, 0.6) is 0 Å². The average molecular weight is 359 g/mol. The van der Waals surface area contributed by atoms with E-state index in [1.807, 2.05) is 12.1 Å². The van der Waals surface area contributed by atoms with E-state index >= 15 is 0 Å². The highest BCUT2D eigenvalue weighted by Crippen LogP contribution is 2.21. The molecule has 1 aliphatic heterocycles. The molecule has 0 saturated carbocycles. The number of nitrogens with one attached hydrogen (secondary N) is 2. The third-order valence-corrected chi connectivity index (χ3v) is 4.18. The molecule has 0 unspecified atom stereocenters. The van der Waals surface area contributed by atoms with Crippen LogP contribution in [0.25, 0.3) is 0 Å². The number of halogens is 2. The Balaban J connectivity index is 1.83. The summed E-state index contributed by atoms with van der Waals surface area (Å²) in [6.07, 6.45) is 0. The molecule has 2 N–H and O–H groups in total. The minimum Gasteiger partial charge on any atom is -0.379 e. The molecule has 0 bridgehead atoms. The second-order valence-electron chi connectivity index (χ2n) is 5.31. The Morgan fingerprint density at radius 2 is 2.04 bits per heavy atom. The van der Waals surface area contributed by atoms with E-state index < -0.39 is 0 Å². The lowest BCUT2D eigenvalue weighted by Crippen LogP contribution is -2.44. The van der Waals surface area contributed by atoms with Crippen LogP contribution in [0.3, 0.4) is 0 Å². The monoisotopic (exact) mass is 358 g/mol. The van der Waals surface area contributed by atoms with E-state index in [0.29, 0.717) is 16.6 Å². The summed E-state index contributed by atoms with van der Waals surface area (Å²) in [4.78, 5) is 6.97. The van der Waals surface area contributed by atoms with E-state index in [-0.39, 0.29) is 0 Å². The van der Waals surface area contributed by atoms with Crippen LogP contribution < -0.4 is 10.6 Å². The van der Waals surface area contributed by atoms with Crippen LogP contribution in [-0.2, 0) is 11.3 Å². The lowest BCUT2D eigenvalue weighted by molar-refractivity contribution is 0.0389. The fourth-order valence-electron chi connectivity index (χ4n) is 2.31. The molecule has 0 aliphatic carbocycles. The van der Waals surface area contributed by atoms with Gasteiger partial charge in [-0.05, 0) is 24.6 Å². The van der Waals surface area contributed by atoms with Gasteiger partial charge in [0.2, 0.25) is 0 Å². The molecule has 1 aromatic carbocycles. The highest BCUT2D eigenvalue weighted by molar-refractivity contribution is 6.35. The lowest BCUT2D eigenvalue weighted by atomic mass is 10.2. The second kappa shape index (κ2) is 9.98. The van der Waals surface area contributed by atoms with Gasteiger partial charge in [-0.2, -0.15) is 0 Å². The summed E-state index contributed by atoms with van der Waals surface area (Å²) < 4.78 is 5.35. The molecule has 0 aromatic heterocycles. The Morgan fingerprint density at radius 3 is 2.74 bits per heavy atom. The lowest BCUT2D eigenvalue weighted by Gasteiger charge is -2.26. The molecule has 0 spiro atoms. The number of ether oxygens (including phenoxy) is 1. The van der Waals surface area contributed by atoms with Gasteiger partial charge >= 0.3 is 0 Å². The molecule has 2 rings (SSSR count). The van der Waals surface area contributed by atoms with Crippen LogP contribution in [0.15, 0.2) is 23.2 Å². The summed E-state index contributed by atoms with van der Waals surface area (Å²) in [6, 6.07) is 5.48. The van der Waals surface area contributed by atoms with E-state index in [1.165, 1.54) is 0 Å². The van der Waals surface area contributed by atoms with E-state index in [1.54, 1.807) is 6.07 Å². The standard InChI is InChI=1S/C16H24Cl2N4O/c1-2-19-16(20-5-6-22-7-9-23-10-8-22)21-12-13-3-4-14(17)11-15(13)18/h3-4,11H,2,5-10,12H2,1H3,(H2,19,20,21). The molecule has 1 saturated heterocycles. The second-order valence-corrected chi connectivity index (χ2v) is 6.16.